The molecule has 5 rings (SSSR count). The normalized spacial score (nSPS) is 13.7. The number of benzene rings is 4. The Morgan fingerprint density at radius 2 is 1.78 bits per heavy atom. The van der Waals surface area contributed by atoms with Crippen molar-refractivity contribution in [3.05, 3.63) is 122 Å². The van der Waals surface area contributed by atoms with Crippen molar-refractivity contribution in [3.63, 3.8) is 0 Å². The molecule has 0 spiro atoms. The van der Waals surface area contributed by atoms with E-state index in [1.54, 1.807) is 48.5 Å². The van der Waals surface area contributed by atoms with Crippen LogP contribution in [0.4, 0.5) is 0 Å². The van der Waals surface area contributed by atoms with Crippen LogP contribution in [-0.2, 0) is 11.4 Å². The summed E-state index contributed by atoms with van der Waals surface area (Å²) in [6.07, 6.45) is 0. The van der Waals surface area contributed by atoms with E-state index in [-0.39, 0.29) is 30.4 Å². The molecule has 1 atom stereocenters. The Kier molecular flexibility index (Phi) is 9.72. The number of hydrogen-bond acceptors (Lipinski definition) is 8. The maximum Gasteiger partial charge on any atom is 0.349 e. The predicted molar refractivity (Wildman–Crippen MR) is 171 cm³/mol. The van der Waals surface area contributed by atoms with E-state index in [1.165, 1.54) is 0 Å². The Morgan fingerprint density at radius 1 is 0.956 bits per heavy atom. The second-order valence-electron chi connectivity index (χ2n) is 10.2. The number of nitriles is 1. The van der Waals surface area contributed by atoms with E-state index in [2.05, 4.69) is 6.07 Å². The lowest BCUT2D eigenvalue weighted by atomic mass is 9.83. The fraction of sp³-hybridized carbons (Fsp3) is 0.200. The quantitative estimate of drug-likeness (QED) is 0.137. The predicted octanol–water partition coefficient (Wildman–Crippen LogP) is 7.79. The maximum atomic E-state index is 12.6. The van der Waals surface area contributed by atoms with E-state index in [0.717, 1.165) is 22.3 Å². The second kappa shape index (κ2) is 13.9. The fourth-order valence-electron chi connectivity index (χ4n) is 4.91. The summed E-state index contributed by atoms with van der Waals surface area (Å²) in [5, 5.41) is 11.1. The minimum absolute atomic E-state index is 0.0487. The van der Waals surface area contributed by atoms with Gasteiger partial charge in [-0.3, -0.25) is 0 Å². The summed E-state index contributed by atoms with van der Waals surface area (Å²) in [7, 11) is 0. The molecule has 1 aliphatic rings. The lowest BCUT2D eigenvalue weighted by molar-refractivity contribution is -0.136. The Hall–Kier alpha value is -4.84. The number of fused-ring (bicyclic) bond motifs is 1. The average molecular weight is 646 g/mol. The monoisotopic (exact) mass is 644 g/mol. The molecule has 0 bridgehead atoms. The van der Waals surface area contributed by atoms with Gasteiger partial charge in [-0.1, -0.05) is 53.5 Å². The van der Waals surface area contributed by atoms with Crippen LogP contribution < -0.4 is 29.4 Å². The highest BCUT2D eigenvalue weighted by molar-refractivity contribution is 6.35. The highest BCUT2D eigenvalue weighted by Gasteiger charge is 2.32. The number of nitrogens with two attached hydrogens (primary N) is 1. The molecule has 4 aromatic rings. The van der Waals surface area contributed by atoms with Crippen LogP contribution >= 0.6 is 23.2 Å². The molecule has 2 N–H and O–H groups in total. The van der Waals surface area contributed by atoms with Gasteiger partial charge in [-0.25, -0.2) is 4.79 Å². The first kappa shape index (κ1) is 31.6. The maximum absolute atomic E-state index is 12.6. The zero-order valence-electron chi connectivity index (χ0n) is 24.9. The minimum atomic E-state index is -0.582. The lowest BCUT2D eigenvalue weighted by Gasteiger charge is -2.27. The fourth-order valence-corrected chi connectivity index (χ4v) is 5.37. The summed E-state index contributed by atoms with van der Waals surface area (Å²) in [4.78, 5) is 12.6. The number of esters is 1. The van der Waals surface area contributed by atoms with Crippen LogP contribution in [0.5, 0.6) is 28.7 Å². The second-order valence-corrected chi connectivity index (χ2v) is 11.1. The summed E-state index contributed by atoms with van der Waals surface area (Å²) in [6.45, 7) is 6.07. The molecule has 10 heteroatoms. The summed E-state index contributed by atoms with van der Waals surface area (Å²) in [5.41, 5.74) is 10.6. The first-order chi connectivity index (χ1) is 21.7. The molecule has 0 saturated heterocycles. The largest absolute Gasteiger partial charge is 0.490 e. The summed E-state index contributed by atoms with van der Waals surface area (Å²) in [5.74, 6) is 0.992. The van der Waals surface area contributed by atoms with Gasteiger partial charge in [0.25, 0.3) is 0 Å². The average Bonchev–Trinajstić information content (AvgIpc) is 3.01. The molecule has 0 fully saturated rings. The molecular formula is C35H30Cl2N2O6. The van der Waals surface area contributed by atoms with Gasteiger partial charge < -0.3 is 29.4 Å². The zero-order valence-corrected chi connectivity index (χ0v) is 26.4. The highest BCUT2D eigenvalue weighted by Crippen LogP contribution is 2.45. The van der Waals surface area contributed by atoms with Crippen molar-refractivity contribution in [2.45, 2.75) is 33.3 Å². The Morgan fingerprint density at radius 3 is 2.53 bits per heavy atom. The van der Waals surface area contributed by atoms with Gasteiger partial charge in [0, 0.05) is 27.2 Å². The van der Waals surface area contributed by atoms with Gasteiger partial charge in [-0.15, -0.1) is 0 Å². The number of halogens is 2. The van der Waals surface area contributed by atoms with E-state index in [0.29, 0.717) is 45.2 Å². The number of allylic oxidation sites excluding steroid dienone is 1. The van der Waals surface area contributed by atoms with Gasteiger partial charge in [0.15, 0.2) is 18.1 Å². The molecule has 4 aromatic carbocycles. The van der Waals surface area contributed by atoms with E-state index < -0.39 is 11.9 Å². The number of nitrogens with zero attached hydrogens (tertiary/aromatic N) is 1. The minimum Gasteiger partial charge on any atom is -0.490 e. The van der Waals surface area contributed by atoms with Crippen molar-refractivity contribution in [3.8, 4) is 34.8 Å². The Bertz CT molecular complexity index is 1830. The Balaban J connectivity index is 1.37. The summed E-state index contributed by atoms with van der Waals surface area (Å²) < 4.78 is 29.0. The van der Waals surface area contributed by atoms with Crippen LogP contribution in [0.25, 0.3) is 0 Å². The van der Waals surface area contributed by atoms with Crippen LogP contribution in [0.2, 0.25) is 10.0 Å². The number of hydrogen-bond donors (Lipinski definition) is 1. The molecule has 0 saturated carbocycles. The van der Waals surface area contributed by atoms with E-state index in [9.17, 15) is 10.1 Å². The lowest BCUT2D eigenvalue weighted by Crippen LogP contribution is -2.22. The van der Waals surface area contributed by atoms with Gasteiger partial charge in [0.2, 0.25) is 5.88 Å². The highest BCUT2D eigenvalue weighted by atomic mass is 35.5. The molecule has 1 unspecified atom stereocenters. The zero-order chi connectivity index (χ0) is 32.1. The third kappa shape index (κ3) is 7.12. The van der Waals surface area contributed by atoms with Gasteiger partial charge >= 0.3 is 5.97 Å². The van der Waals surface area contributed by atoms with E-state index >= 15 is 0 Å². The number of ether oxygens (including phenoxy) is 5. The molecule has 1 heterocycles. The van der Waals surface area contributed by atoms with Gasteiger partial charge in [-0.05, 0) is 73.9 Å². The van der Waals surface area contributed by atoms with Crippen molar-refractivity contribution in [2.24, 2.45) is 5.73 Å². The van der Waals surface area contributed by atoms with Crippen molar-refractivity contribution in [2.75, 3.05) is 13.2 Å². The van der Waals surface area contributed by atoms with Crippen LogP contribution in [-0.4, -0.2) is 19.2 Å². The molecule has 0 aliphatic carbocycles. The topological polar surface area (TPSA) is 113 Å². The van der Waals surface area contributed by atoms with Gasteiger partial charge in [-0.2, -0.15) is 5.26 Å². The summed E-state index contributed by atoms with van der Waals surface area (Å²) >= 11 is 12.3. The van der Waals surface area contributed by atoms with Gasteiger partial charge in [0.05, 0.1) is 12.5 Å². The van der Waals surface area contributed by atoms with Crippen LogP contribution in [0.1, 0.15) is 40.7 Å². The number of carbonyl (C=O) groups excluding carboxylic acids is 1. The van der Waals surface area contributed by atoms with Crippen LogP contribution in [0.15, 0.2) is 84.3 Å². The van der Waals surface area contributed by atoms with Crippen molar-refractivity contribution in [1.29, 1.82) is 5.26 Å². The smallest absolute Gasteiger partial charge is 0.349 e. The van der Waals surface area contributed by atoms with Gasteiger partial charge in [0.1, 0.15) is 35.5 Å². The van der Waals surface area contributed by atoms with Crippen molar-refractivity contribution in [1.82, 2.24) is 0 Å². The molecule has 45 heavy (non-hydrogen) atoms. The molecule has 0 radical (unpaired) electrons. The Labute approximate surface area is 271 Å². The molecule has 0 aromatic heterocycles. The molecule has 8 nitrogen and oxygen atoms in total. The third-order valence-corrected chi connectivity index (χ3v) is 7.91. The van der Waals surface area contributed by atoms with E-state index in [1.807, 2.05) is 45.0 Å². The van der Waals surface area contributed by atoms with Crippen molar-refractivity contribution < 1.29 is 28.5 Å². The SMILES string of the molecule is CCOc1cc(C2C(C#N)=C(N)Oc3cc(OC(=O)COc4cccc(C)c4C)ccc32)ccc1OCc1ccc(Cl)cc1Cl. The first-order valence-electron chi connectivity index (χ1n) is 14.1. The van der Waals surface area contributed by atoms with Crippen LogP contribution in [0, 0.1) is 25.2 Å². The van der Waals surface area contributed by atoms with E-state index in [4.69, 9.17) is 52.6 Å². The number of rotatable bonds is 10. The standard InChI is InChI=1S/C35H30Cl2N2O6/c1-4-41-32-14-22(9-13-30(32)42-18-23-8-10-24(36)15-28(23)37)34-26-12-11-25(16-31(26)45-35(39)27(34)17-38)44-33(40)19-43-29-7-5-6-20(2)21(29)3/h5-16,34H,4,18-19,39H2,1-3H3. The molecule has 1 aliphatic heterocycles. The number of aryl methyl sites for hydroxylation is 1. The van der Waals surface area contributed by atoms with Crippen molar-refractivity contribution >= 4 is 29.2 Å². The third-order valence-electron chi connectivity index (χ3n) is 7.32. The molecule has 230 valence electrons. The molecule has 0 amide bonds. The summed E-state index contributed by atoms with van der Waals surface area (Å²) in [6, 6.07) is 23.4. The number of carbonyl (C=O) groups is 1. The first-order valence-corrected chi connectivity index (χ1v) is 14.9. The molecular weight excluding hydrogens is 615 g/mol. The van der Waals surface area contributed by atoms with Crippen LogP contribution in [0.3, 0.4) is 0 Å².